The summed E-state index contributed by atoms with van der Waals surface area (Å²) in [6.45, 7) is 8.11. The van der Waals surface area contributed by atoms with E-state index in [0.717, 1.165) is 17.7 Å². The standard InChI is InChI=1S/C16H36N4O2.4CH4.3CH3/c1-14(2)16(22)17-12-20(8,9)13-19(6,7)11-15(21)10-18(3,4)5;;;;;;;/h15,21H,1,10-13H2,2-9H3;4*1H4;3*1H3/q+2;;;;;3*-1/p+1. The average Bonchev–Trinajstić information content (AvgIpc) is 2.19. The number of hydrogen-bond acceptors (Lipinski definition) is 2. The number of amides is 1. The summed E-state index contributed by atoms with van der Waals surface area (Å²) in [6.07, 6.45) is -0.347. The number of nitrogens with one attached hydrogen (secondary N) is 1. The second-order valence-corrected chi connectivity index (χ2v) is 8.77. The van der Waals surface area contributed by atoms with Crippen LogP contribution in [0.1, 0.15) is 36.6 Å². The van der Waals surface area contributed by atoms with Crippen LogP contribution in [0.3, 0.4) is 0 Å². The lowest BCUT2D eigenvalue weighted by Crippen LogP contribution is -2.61. The highest BCUT2D eigenvalue weighted by atomic mass is 16.3. The van der Waals surface area contributed by atoms with Crippen LogP contribution in [0, 0.1) is 22.3 Å². The Balaban J connectivity index is -0.000000105. The molecule has 0 radical (unpaired) electrons. The number of carbonyl (C=O) groups is 1. The van der Waals surface area contributed by atoms with Gasteiger partial charge < -0.3 is 37.2 Å². The first-order valence-electron chi connectivity index (χ1n) is 7.70. The van der Waals surface area contributed by atoms with Gasteiger partial charge in [-0.3, -0.25) is 13.8 Å². The molecule has 6 heteroatoms. The van der Waals surface area contributed by atoms with Gasteiger partial charge in [-0.15, -0.1) is 0 Å². The highest BCUT2D eigenvalue weighted by Gasteiger charge is 2.31. The van der Waals surface area contributed by atoms with E-state index in [1.54, 1.807) is 6.92 Å². The second-order valence-electron chi connectivity index (χ2n) is 8.77. The van der Waals surface area contributed by atoms with Crippen LogP contribution in [0.5, 0.6) is 0 Å². The minimum absolute atomic E-state index is 0. The normalized spacial score (nSPS) is 11.1. The van der Waals surface area contributed by atoms with Crippen molar-refractivity contribution in [3.63, 3.8) is 0 Å². The van der Waals surface area contributed by atoms with Gasteiger partial charge in [0.25, 0.3) is 5.91 Å². The molecule has 0 saturated heterocycles. The van der Waals surface area contributed by atoms with E-state index in [9.17, 15) is 9.90 Å². The van der Waals surface area contributed by atoms with Gasteiger partial charge in [0.05, 0.1) is 49.3 Å². The fourth-order valence-corrected chi connectivity index (χ4v) is 2.84. The maximum Gasteiger partial charge on any atom is 0.250 e. The summed E-state index contributed by atoms with van der Waals surface area (Å²) in [5, 5.41) is 13.2. The van der Waals surface area contributed by atoms with Crippen molar-refractivity contribution in [1.29, 1.82) is 0 Å². The quantitative estimate of drug-likeness (QED) is 0.255. The Morgan fingerprint density at radius 1 is 0.862 bits per heavy atom. The SMILES string of the molecule is C.C.C.C.C=C(C)C(=O)NC[N+](C)(C)C[N+](C)(C)CC(O)C[N+](C)(C)C.[CH3-].[CH3-].[CH3-]. The molecule has 0 aliphatic rings. The Bertz CT molecular complexity index is 400. The molecule has 1 atom stereocenters. The summed E-state index contributed by atoms with van der Waals surface area (Å²) in [5.41, 5.74) is 0.520. The van der Waals surface area contributed by atoms with E-state index < -0.39 is 0 Å². The third-order valence-corrected chi connectivity index (χ3v) is 3.28. The monoisotopic (exact) mass is 426 g/mol. The van der Waals surface area contributed by atoms with Crippen LogP contribution < -0.4 is 5.32 Å². The summed E-state index contributed by atoms with van der Waals surface area (Å²) >= 11 is 0. The number of nitrogens with zero attached hydrogens (tertiary/aromatic N) is 3. The van der Waals surface area contributed by atoms with E-state index in [1.807, 2.05) is 0 Å². The van der Waals surface area contributed by atoms with Gasteiger partial charge in [0.1, 0.15) is 13.1 Å². The van der Waals surface area contributed by atoms with Gasteiger partial charge in [0.2, 0.25) is 6.67 Å². The molecule has 0 bridgehead atoms. The Kier molecular flexibility index (Phi) is 33.5. The molecule has 6 nitrogen and oxygen atoms in total. The molecule has 29 heavy (non-hydrogen) atoms. The molecule has 0 aliphatic heterocycles. The molecule has 0 aromatic rings. The smallest absolute Gasteiger partial charge is 0.250 e. The molecule has 0 rings (SSSR count). The zero-order valence-corrected chi connectivity index (χ0v) is 18.8. The topological polar surface area (TPSA) is 49.3 Å². The third-order valence-electron chi connectivity index (χ3n) is 3.28. The average molecular weight is 427 g/mol. The number of quaternary nitrogens is 3. The molecule has 0 heterocycles. The first kappa shape index (κ1) is 51.1. The highest BCUT2D eigenvalue weighted by molar-refractivity contribution is 5.91. The van der Waals surface area contributed by atoms with E-state index in [2.05, 4.69) is 61.2 Å². The lowest BCUT2D eigenvalue weighted by molar-refractivity contribution is -1.07. The zero-order chi connectivity index (χ0) is 17.8. The van der Waals surface area contributed by atoms with Gasteiger partial charge in [0, 0.05) is 5.57 Å². The fourth-order valence-electron chi connectivity index (χ4n) is 2.84. The van der Waals surface area contributed by atoms with Crippen molar-refractivity contribution in [2.45, 2.75) is 42.7 Å². The van der Waals surface area contributed by atoms with Crippen LogP contribution >= 0.6 is 0 Å². The zero-order valence-electron chi connectivity index (χ0n) is 18.8. The van der Waals surface area contributed by atoms with Gasteiger partial charge in [-0.1, -0.05) is 36.3 Å². The molecule has 0 aromatic heterocycles. The Hall–Kier alpha value is -0.950. The van der Waals surface area contributed by atoms with Gasteiger partial charge in [-0.05, 0) is 6.92 Å². The van der Waals surface area contributed by atoms with E-state index >= 15 is 0 Å². The Morgan fingerprint density at radius 3 is 1.55 bits per heavy atom. The molecular weight excluding hydrogens is 364 g/mol. The van der Waals surface area contributed by atoms with Crippen molar-refractivity contribution < 1.29 is 23.4 Å². The molecule has 1 amide bonds. The van der Waals surface area contributed by atoms with Crippen LogP contribution in [0.15, 0.2) is 12.2 Å². The molecule has 0 aliphatic carbocycles. The Labute approximate surface area is 188 Å². The third kappa shape index (κ3) is 27.1. The minimum Gasteiger partial charge on any atom is -0.382 e. The lowest BCUT2D eigenvalue weighted by Gasteiger charge is -2.40. The summed E-state index contributed by atoms with van der Waals surface area (Å²) in [4.78, 5) is 11.6. The predicted octanol–water partition coefficient (Wildman–Crippen LogP) is 3.71. The number of aliphatic hydroxyl groups is 1. The first-order valence-corrected chi connectivity index (χ1v) is 7.70. The highest BCUT2D eigenvalue weighted by Crippen LogP contribution is 2.08. The van der Waals surface area contributed by atoms with Gasteiger partial charge in [-0.25, -0.2) is 0 Å². The molecule has 0 fully saturated rings. The van der Waals surface area contributed by atoms with Gasteiger partial charge in [0.15, 0.2) is 12.8 Å². The van der Waals surface area contributed by atoms with E-state index in [1.165, 1.54) is 0 Å². The van der Waals surface area contributed by atoms with Crippen LogP contribution in [-0.4, -0.2) is 106 Å². The predicted molar refractivity (Wildman–Crippen MR) is 137 cm³/mol. The second kappa shape index (κ2) is 19.0. The van der Waals surface area contributed by atoms with Crippen LogP contribution in [0.2, 0.25) is 0 Å². The molecule has 186 valence electrons. The number of carbonyl (C=O) groups excluding carboxylic acids is 1. The summed E-state index contributed by atoms with van der Waals surface area (Å²) in [5.74, 6) is -0.110. The first-order chi connectivity index (χ1) is 9.64. The van der Waals surface area contributed by atoms with Gasteiger partial charge in [-0.2, -0.15) is 0 Å². The van der Waals surface area contributed by atoms with E-state index in [4.69, 9.17) is 0 Å². The number of aliphatic hydroxyl groups excluding tert-OH is 1. The van der Waals surface area contributed by atoms with Crippen molar-refractivity contribution in [1.82, 2.24) is 5.32 Å². The molecular formula is C23H62N4O2. The largest absolute Gasteiger partial charge is 0.382 e. The van der Waals surface area contributed by atoms with Crippen molar-refractivity contribution in [3.05, 3.63) is 34.4 Å². The fraction of sp³-hybridized carbons (Fsp3) is 0.739. The van der Waals surface area contributed by atoms with Crippen molar-refractivity contribution >= 4 is 5.91 Å². The van der Waals surface area contributed by atoms with Crippen molar-refractivity contribution in [2.24, 2.45) is 0 Å². The molecule has 1 unspecified atom stereocenters. The molecule has 2 N–H and O–H groups in total. The van der Waals surface area contributed by atoms with Crippen molar-refractivity contribution in [3.8, 4) is 0 Å². The van der Waals surface area contributed by atoms with Gasteiger partial charge >= 0.3 is 0 Å². The Morgan fingerprint density at radius 2 is 1.24 bits per heavy atom. The van der Waals surface area contributed by atoms with Crippen LogP contribution in [0.25, 0.3) is 0 Å². The van der Waals surface area contributed by atoms with Crippen LogP contribution in [-0.2, 0) is 4.79 Å². The van der Waals surface area contributed by atoms with E-state index in [-0.39, 0.29) is 64.0 Å². The molecule has 0 saturated carbocycles. The maximum absolute atomic E-state index is 11.6. The molecule has 0 spiro atoms. The minimum atomic E-state index is -0.347. The van der Waals surface area contributed by atoms with Crippen LogP contribution in [0.4, 0.5) is 0 Å². The summed E-state index contributed by atoms with van der Waals surface area (Å²) in [6, 6.07) is 0. The number of hydrogen-bond donors (Lipinski definition) is 2. The number of rotatable bonds is 9. The number of likely N-dealkylation sites (N-methyl/N-ethyl adjacent to an activating group) is 2. The summed E-state index contributed by atoms with van der Waals surface area (Å²) in [7, 11) is 14.6. The van der Waals surface area contributed by atoms with E-state index in [0.29, 0.717) is 27.8 Å². The summed E-state index contributed by atoms with van der Waals surface area (Å²) < 4.78 is 2.08. The lowest BCUT2D eigenvalue weighted by atomic mass is 10.2. The van der Waals surface area contributed by atoms with Crippen molar-refractivity contribution in [2.75, 3.05) is 75.8 Å². The molecule has 0 aromatic carbocycles. The maximum atomic E-state index is 11.6.